The minimum Gasteiger partial charge on any atom is -0.258 e. The number of hydrogen-bond donors (Lipinski definition) is 0. The predicted octanol–water partition coefficient (Wildman–Crippen LogP) is 2.31. The summed E-state index contributed by atoms with van der Waals surface area (Å²) in [6.07, 6.45) is 2.97. The summed E-state index contributed by atoms with van der Waals surface area (Å²) in [4.78, 5) is 10.0. The number of para-hydroxylation sites is 1. The lowest BCUT2D eigenvalue weighted by Gasteiger charge is -2.10. The maximum absolute atomic E-state index is 12.3. The fraction of sp³-hybridized carbons (Fsp3) is 0.455. The molecular weight excluding hydrogens is 242 g/mol. The highest BCUT2D eigenvalue weighted by molar-refractivity contribution is 7.92. The highest BCUT2D eigenvalue weighted by Gasteiger charge is 2.34. The maximum Gasteiger partial charge on any atom is 0.287 e. The summed E-state index contributed by atoms with van der Waals surface area (Å²) in [7, 11) is -3.56. The third-order valence-corrected chi connectivity index (χ3v) is 5.42. The largest absolute Gasteiger partial charge is 0.287 e. The van der Waals surface area contributed by atoms with Crippen LogP contribution in [0.15, 0.2) is 29.2 Å². The van der Waals surface area contributed by atoms with Gasteiger partial charge in [-0.2, -0.15) is 0 Å². The van der Waals surface area contributed by atoms with Gasteiger partial charge in [-0.15, -0.1) is 0 Å². The molecule has 0 heterocycles. The summed E-state index contributed by atoms with van der Waals surface area (Å²) < 4.78 is 24.5. The topological polar surface area (TPSA) is 77.3 Å². The Morgan fingerprint density at radius 1 is 1.18 bits per heavy atom. The predicted molar refractivity (Wildman–Crippen MR) is 62.5 cm³/mol. The first-order valence-electron chi connectivity index (χ1n) is 5.51. The van der Waals surface area contributed by atoms with Crippen molar-refractivity contribution in [3.05, 3.63) is 34.4 Å². The summed E-state index contributed by atoms with van der Waals surface area (Å²) in [5, 5.41) is 10.4. The molecule has 0 aromatic heterocycles. The van der Waals surface area contributed by atoms with Crippen molar-refractivity contribution in [3.63, 3.8) is 0 Å². The van der Waals surface area contributed by atoms with Crippen molar-refractivity contribution in [2.45, 2.75) is 35.8 Å². The molecular formula is C11H13NO4S. The first-order valence-corrected chi connectivity index (χ1v) is 7.05. The van der Waals surface area contributed by atoms with E-state index in [0.29, 0.717) is 12.8 Å². The van der Waals surface area contributed by atoms with Crippen LogP contribution in [0.4, 0.5) is 5.69 Å². The molecule has 5 nitrogen and oxygen atoms in total. The number of benzene rings is 1. The van der Waals surface area contributed by atoms with Gasteiger partial charge in [-0.1, -0.05) is 25.0 Å². The molecule has 0 radical (unpaired) electrons. The van der Waals surface area contributed by atoms with Gasteiger partial charge in [-0.3, -0.25) is 10.1 Å². The molecule has 0 saturated heterocycles. The van der Waals surface area contributed by atoms with Crippen molar-refractivity contribution < 1.29 is 13.3 Å². The summed E-state index contributed by atoms with van der Waals surface area (Å²) >= 11 is 0. The molecule has 1 aliphatic rings. The molecule has 2 rings (SSSR count). The van der Waals surface area contributed by atoms with Crippen LogP contribution in [0, 0.1) is 10.1 Å². The number of sulfone groups is 1. The number of nitrogens with zero attached hydrogens (tertiary/aromatic N) is 1. The van der Waals surface area contributed by atoms with E-state index in [1.54, 1.807) is 0 Å². The van der Waals surface area contributed by atoms with Crippen LogP contribution in [0.1, 0.15) is 25.7 Å². The van der Waals surface area contributed by atoms with Crippen LogP contribution in [0.5, 0.6) is 0 Å². The van der Waals surface area contributed by atoms with Gasteiger partial charge < -0.3 is 0 Å². The molecule has 0 aliphatic heterocycles. The average Bonchev–Trinajstić information content (AvgIpc) is 2.83. The van der Waals surface area contributed by atoms with Gasteiger partial charge in [0.2, 0.25) is 0 Å². The molecule has 1 aromatic carbocycles. The minimum absolute atomic E-state index is 0.142. The van der Waals surface area contributed by atoms with Crippen molar-refractivity contribution in [1.82, 2.24) is 0 Å². The van der Waals surface area contributed by atoms with Crippen molar-refractivity contribution in [2.75, 3.05) is 0 Å². The second-order valence-electron chi connectivity index (χ2n) is 4.18. The van der Waals surface area contributed by atoms with E-state index in [9.17, 15) is 18.5 Å². The fourth-order valence-electron chi connectivity index (χ4n) is 2.23. The Kier molecular flexibility index (Phi) is 3.15. The molecule has 92 valence electrons. The fourth-order valence-corrected chi connectivity index (χ4v) is 4.24. The molecule has 1 aliphatic carbocycles. The van der Waals surface area contributed by atoms with Crippen molar-refractivity contribution >= 4 is 15.5 Å². The van der Waals surface area contributed by atoms with Crippen LogP contribution in [0.3, 0.4) is 0 Å². The van der Waals surface area contributed by atoms with E-state index in [0.717, 1.165) is 12.8 Å². The first kappa shape index (κ1) is 12.0. The van der Waals surface area contributed by atoms with Gasteiger partial charge in [0, 0.05) is 6.07 Å². The normalized spacial score (nSPS) is 17.2. The Morgan fingerprint density at radius 3 is 2.35 bits per heavy atom. The highest BCUT2D eigenvalue weighted by atomic mass is 32.2. The quantitative estimate of drug-likeness (QED) is 0.613. The third kappa shape index (κ3) is 2.17. The standard InChI is InChI=1S/C11H13NO4S/c13-12(14)10-7-3-4-8-11(10)17(15,16)9-5-1-2-6-9/h3-4,7-9H,1-2,5-6H2. The molecule has 1 saturated carbocycles. The van der Waals surface area contributed by atoms with Gasteiger partial charge in [0.05, 0.1) is 10.2 Å². The Hall–Kier alpha value is -1.43. The zero-order valence-corrected chi connectivity index (χ0v) is 10.0. The molecule has 6 heteroatoms. The van der Waals surface area contributed by atoms with E-state index in [4.69, 9.17) is 0 Å². The molecule has 17 heavy (non-hydrogen) atoms. The second kappa shape index (κ2) is 4.44. The van der Waals surface area contributed by atoms with Gasteiger partial charge in [0.25, 0.3) is 5.69 Å². The monoisotopic (exact) mass is 255 g/mol. The lowest BCUT2D eigenvalue weighted by Crippen LogP contribution is -2.18. The van der Waals surface area contributed by atoms with Crippen LogP contribution < -0.4 is 0 Å². The molecule has 0 spiro atoms. The van der Waals surface area contributed by atoms with Gasteiger partial charge in [-0.25, -0.2) is 8.42 Å². The maximum atomic E-state index is 12.3. The first-order chi connectivity index (χ1) is 8.03. The van der Waals surface area contributed by atoms with Crippen molar-refractivity contribution in [3.8, 4) is 0 Å². The van der Waals surface area contributed by atoms with Crippen LogP contribution in [0.2, 0.25) is 0 Å². The van der Waals surface area contributed by atoms with E-state index < -0.39 is 20.0 Å². The van der Waals surface area contributed by atoms with E-state index in [1.165, 1.54) is 24.3 Å². The lowest BCUT2D eigenvalue weighted by atomic mass is 10.3. The van der Waals surface area contributed by atoms with Crippen molar-refractivity contribution in [2.24, 2.45) is 0 Å². The third-order valence-electron chi connectivity index (χ3n) is 3.11. The zero-order valence-electron chi connectivity index (χ0n) is 9.20. The molecule has 1 aromatic rings. The SMILES string of the molecule is O=[N+]([O-])c1ccccc1S(=O)(=O)C1CCCC1. The van der Waals surface area contributed by atoms with Crippen LogP contribution in [0.25, 0.3) is 0 Å². The Labute approximate surface area is 99.5 Å². The van der Waals surface area contributed by atoms with Gasteiger partial charge in [0.15, 0.2) is 9.84 Å². The second-order valence-corrected chi connectivity index (χ2v) is 6.37. The van der Waals surface area contributed by atoms with Crippen LogP contribution >= 0.6 is 0 Å². The van der Waals surface area contributed by atoms with Gasteiger partial charge >= 0.3 is 0 Å². The molecule has 0 bridgehead atoms. The van der Waals surface area contributed by atoms with E-state index >= 15 is 0 Å². The Balaban J connectivity index is 2.49. The summed E-state index contributed by atoms with van der Waals surface area (Å²) in [6, 6.07) is 5.56. The average molecular weight is 255 g/mol. The Bertz CT molecular complexity index is 532. The summed E-state index contributed by atoms with van der Waals surface area (Å²) in [6.45, 7) is 0. The minimum atomic E-state index is -3.56. The molecule has 1 fully saturated rings. The zero-order chi connectivity index (χ0) is 12.5. The Morgan fingerprint density at radius 2 is 1.76 bits per heavy atom. The number of hydrogen-bond acceptors (Lipinski definition) is 4. The molecule has 0 amide bonds. The van der Waals surface area contributed by atoms with Gasteiger partial charge in [0.1, 0.15) is 4.90 Å². The number of nitro groups is 1. The van der Waals surface area contributed by atoms with E-state index in [1.807, 2.05) is 0 Å². The van der Waals surface area contributed by atoms with Crippen LogP contribution in [-0.4, -0.2) is 18.6 Å². The number of nitro benzene ring substituents is 1. The summed E-state index contributed by atoms with van der Waals surface area (Å²) in [5.41, 5.74) is -0.320. The van der Waals surface area contributed by atoms with Gasteiger partial charge in [-0.05, 0) is 18.9 Å². The number of rotatable bonds is 3. The smallest absolute Gasteiger partial charge is 0.258 e. The van der Waals surface area contributed by atoms with E-state index in [-0.39, 0.29) is 10.6 Å². The molecule has 0 N–H and O–H groups in total. The van der Waals surface area contributed by atoms with Crippen molar-refractivity contribution in [1.29, 1.82) is 0 Å². The molecule has 0 atom stereocenters. The lowest BCUT2D eigenvalue weighted by molar-refractivity contribution is -0.387. The summed E-state index contributed by atoms with van der Waals surface area (Å²) in [5.74, 6) is 0. The van der Waals surface area contributed by atoms with Crippen LogP contribution in [-0.2, 0) is 9.84 Å². The van der Waals surface area contributed by atoms with E-state index in [2.05, 4.69) is 0 Å². The highest BCUT2D eigenvalue weighted by Crippen LogP contribution is 2.33. The molecule has 0 unspecified atom stereocenters.